The predicted molar refractivity (Wildman–Crippen MR) is 118 cm³/mol. The fraction of sp³-hybridized carbons (Fsp3) is 0.400. The highest BCUT2D eigenvalue weighted by Crippen LogP contribution is 2.34. The third-order valence-corrected chi connectivity index (χ3v) is 6.21. The largest absolute Gasteiger partial charge is 0.496 e. The Hall–Kier alpha value is -2.59. The molecule has 4 nitrogen and oxygen atoms in total. The van der Waals surface area contributed by atoms with E-state index in [4.69, 9.17) is 4.74 Å². The van der Waals surface area contributed by atoms with E-state index in [1.165, 1.54) is 18.4 Å². The molecule has 0 bridgehead atoms. The Kier molecular flexibility index (Phi) is 6.00. The van der Waals surface area contributed by atoms with Gasteiger partial charge in [-0.1, -0.05) is 36.4 Å². The van der Waals surface area contributed by atoms with E-state index in [1.807, 2.05) is 30.5 Å². The van der Waals surface area contributed by atoms with E-state index >= 15 is 0 Å². The number of methoxy groups -OCH3 is 1. The topological polar surface area (TPSA) is 34.5 Å². The maximum atomic E-state index is 12.0. The molecule has 0 N–H and O–H groups in total. The summed E-state index contributed by atoms with van der Waals surface area (Å²) in [5.41, 5.74) is 3.34. The molecule has 0 spiro atoms. The van der Waals surface area contributed by atoms with Crippen molar-refractivity contribution in [1.29, 1.82) is 0 Å². The Labute approximate surface area is 173 Å². The Morgan fingerprint density at radius 3 is 2.52 bits per heavy atom. The van der Waals surface area contributed by atoms with Crippen LogP contribution >= 0.6 is 0 Å². The molecule has 1 aliphatic heterocycles. The molecule has 0 unspecified atom stereocenters. The summed E-state index contributed by atoms with van der Waals surface area (Å²) < 4.78 is 7.80. The number of ketones is 1. The van der Waals surface area contributed by atoms with Gasteiger partial charge < -0.3 is 14.2 Å². The zero-order valence-corrected chi connectivity index (χ0v) is 17.4. The smallest absolute Gasteiger partial charge is 0.161 e. The van der Waals surface area contributed by atoms with Crippen LogP contribution in [0, 0.1) is 0 Å². The van der Waals surface area contributed by atoms with Crippen LogP contribution < -0.4 is 4.74 Å². The number of carbonyl (C=O) groups is 1. The van der Waals surface area contributed by atoms with Gasteiger partial charge in [0.25, 0.3) is 0 Å². The molecule has 0 amide bonds. The lowest BCUT2D eigenvalue weighted by Crippen LogP contribution is -2.34. The predicted octanol–water partition coefficient (Wildman–Crippen LogP) is 5.12. The van der Waals surface area contributed by atoms with Crippen molar-refractivity contribution in [3.63, 3.8) is 0 Å². The van der Waals surface area contributed by atoms with E-state index in [1.54, 1.807) is 14.0 Å². The second kappa shape index (κ2) is 8.83. The van der Waals surface area contributed by atoms with Crippen LogP contribution in [-0.4, -0.2) is 42.0 Å². The highest BCUT2D eigenvalue weighted by atomic mass is 16.5. The number of nitrogens with zero attached hydrogens (tertiary/aromatic N) is 2. The average molecular weight is 391 g/mol. The molecule has 4 rings (SSSR count). The first-order valence-corrected chi connectivity index (χ1v) is 10.6. The Bertz CT molecular complexity index is 983. The molecule has 2 aromatic carbocycles. The summed E-state index contributed by atoms with van der Waals surface area (Å²) in [7, 11) is 1.76. The molecule has 1 saturated heterocycles. The van der Waals surface area contributed by atoms with Crippen molar-refractivity contribution in [3.8, 4) is 5.75 Å². The van der Waals surface area contributed by atoms with Gasteiger partial charge in [0.1, 0.15) is 5.75 Å². The van der Waals surface area contributed by atoms with Crippen molar-refractivity contribution in [2.24, 2.45) is 0 Å². The highest BCUT2D eigenvalue weighted by molar-refractivity contribution is 6.06. The van der Waals surface area contributed by atoms with E-state index in [0.29, 0.717) is 5.92 Å². The van der Waals surface area contributed by atoms with Crippen LogP contribution in [0.4, 0.5) is 0 Å². The standard InChI is InChI=1S/C25H30N2O2/c1-19(28)23-18-27(24-10-5-3-9-22(23)24)15-7-14-26-16-12-20(13-17-26)21-8-4-6-11-25(21)29-2/h3-6,8-11,18,20H,7,12-17H2,1-2H3. The molecule has 152 valence electrons. The van der Waals surface area contributed by atoms with Crippen LogP contribution in [0.25, 0.3) is 10.9 Å². The molecule has 1 fully saturated rings. The summed E-state index contributed by atoms with van der Waals surface area (Å²) in [5.74, 6) is 1.75. The normalized spacial score (nSPS) is 15.7. The fourth-order valence-electron chi connectivity index (χ4n) is 4.65. The third-order valence-electron chi connectivity index (χ3n) is 6.21. The average Bonchev–Trinajstić information content (AvgIpc) is 3.13. The number of hydrogen-bond donors (Lipinski definition) is 0. The zero-order valence-electron chi connectivity index (χ0n) is 17.4. The molecule has 4 heteroatoms. The first-order valence-electron chi connectivity index (χ1n) is 10.6. The van der Waals surface area contributed by atoms with E-state index in [9.17, 15) is 4.79 Å². The fourth-order valence-corrected chi connectivity index (χ4v) is 4.65. The Balaban J connectivity index is 1.33. The summed E-state index contributed by atoms with van der Waals surface area (Å²) in [4.78, 5) is 14.5. The van der Waals surface area contributed by atoms with E-state index < -0.39 is 0 Å². The molecule has 0 radical (unpaired) electrons. The minimum absolute atomic E-state index is 0.137. The lowest BCUT2D eigenvalue weighted by Gasteiger charge is -2.32. The minimum atomic E-state index is 0.137. The van der Waals surface area contributed by atoms with Gasteiger partial charge in [-0.3, -0.25) is 4.79 Å². The van der Waals surface area contributed by atoms with Gasteiger partial charge in [0.15, 0.2) is 5.78 Å². The van der Waals surface area contributed by atoms with Crippen LogP contribution in [0.5, 0.6) is 5.75 Å². The van der Waals surface area contributed by atoms with Gasteiger partial charge >= 0.3 is 0 Å². The lowest BCUT2D eigenvalue weighted by atomic mass is 9.89. The van der Waals surface area contributed by atoms with E-state index in [-0.39, 0.29) is 5.78 Å². The summed E-state index contributed by atoms with van der Waals surface area (Å²) in [6.45, 7) is 5.96. The van der Waals surface area contributed by atoms with Crippen LogP contribution in [0.3, 0.4) is 0 Å². The number of fused-ring (bicyclic) bond motifs is 1. The minimum Gasteiger partial charge on any atom is -0.496 e. The summed E-state index contributed by atoms with van der Waals surface area (Å²) in [5, 5.41) is 1.07. The summed E-state index contributed by atoms with van der Waals surface area (Å²) >= 11 is 0. The van der Waals surface area contributed by atoms with Crippen molar-refractivity contribution < 1.29 is 9.53 Å². The second-order valence-corrected chi connectivity index (χ2v) is 8.02. The maximum absolute atomic E-state index is 12.0. The molecule has 3 aromatic rings. The lowest BCUT2D eigenvalue weighted by molar-refractivity contribution is 0.101. The first-order chi connectivity index (χ1) is 14.2. The quantitative estimate of drug-likeness (QED) is 0.525. The molecule has 1 aliphatic rings. The second-order valence-electron chi connectivity index (χ2n) is 8.02. The van der Waals surface area contributed by atoms with Crippen molar-refractivity contribution in [1.82, 2.24) is 9.47 Å². The van der Waals surface area contributed by atoms with Gasteiger partial charge in [-0.2, -0.15) is 0 Å². The number of rotatable bonds is 7. The van der Waals surface area contributed by atoms with E-state index in [0.717, 1.165) is 54.8 Å². The highest BCUT2D eigenvalue weighted by Gasteiger charge is 2.22. The van der Waals surface area contributed by atoms with Gasteiger partial charge in [-0.05, 0) is 69.4 Å². The van der Waals surface area contributed by atoms with Crippen molar-refractivity contribution in [2.75, 3.05) is 26.7 Å². The Morgan fingerprint density at radius 2 is 1.76 bits per heavy atom. The van der Waals surface area contributed by atoms with E-state index in [2.05, 4.69) is 33.7 Å². The van der Waals surface area contributed by atoms with Crippen LogP contribution in [-0.2, 0) is 6.54 Å². The summed E-state index contributed by atoms with van der Waals surface area (Å²) in [6, 6.07) is 16.6. The Morgan fingerprint density at radius 1 is 1.03 bits per heavy atom. The van der Waals surface area contributed by atoms with Gasteiger partial charge in [0.05, 0.1) is 7.11 Å². The van der Waals surface area contributed by atoms with Gasteiger partial charge in [0.2, 0.25) is 0 Å². The number of aryl methyl sites for hydroxylation is 1. The van der Waals surface area contributed by atoms with Crippen LogP contribution in [0.1, 0.15) is 48.0 Å². The molecule has 2 heterocycles. The number of ether oxygens (including phenoxy) is 1. The SMILES string of the molecule is COc1ccccc1C1CCN(CCCn2cc(C(C)=O)c3ccccc32)CC1. The number of benzene rings is 2. The molecule has 29 heavy (non-hydrogen) atoms. The van der Waals surface area contributed by atoms with Gasteiger partial charge in [0, 0.05) is 29.2 Å². The van der Waals surface area contributed by atoms with Gasteiger partial charge in [-0.15, -0.1) is 0 Å². The number of likely N-dealkylation sites (tertiary alicyclic amines) is 1. The van der Waals surface area contributed by atoms with Gasteiger partial charge in [-0.25, -0.2) is 0 Å². The van der Waals surface area contributed by atoms with Crippen molar-refractivity contribution in [3.05, 3.63) is 65.9 Å². The number of para-hydroxylation sites is 2. The molecule has 0 atom stereocenters. The zero-order chi connectivity index (χ0) is 20.2. The number of piperidine rings is 1. The van der Waals surface area contributed by atoms with Crippen LogP contribution in [0.2, 0.25) is 0 Å². The molecule has 0 saturated carbocycles. The molecular weight excluding hydrogens is 360 g/mol. The third kappa shape index (κ3) is 4.23. The number of aromatic nitrogens is 1. The number of carbonyl (C=O) groups excluding carboxylic acids is 1. The van der Waals surface area contributed by atoms with Crippen molar-refractivity contribution in [2.45, 2.75) is 38.6 Å². The number of hydrogen-bond acceptors (Lipinski definition) is 3. The molecular formula is C25H30N2O2. The van der Waals surface area contributed by atoms with Crippen LogP contribution in [0.15, 0.2) is 54.7 Å². The first kappa shape index (κ1) is 19.7. The molecule has 1 aromatic heterocycles. The molecule has 0 aliphatic carbocycles. The van der Waals surface area contributed by atoms with Crippen molar-refractivity contribution >= 4 is 16.7 Å². The monoisotopic (exact) mass is 390 g/mol. The maximum Gasteiger partial charge on any atom is 0.161 e. The summed E-state index contributed by atoms with van der Waals surface area (Å²) in [6.07, 6.45) is 5.48. The number of Topliss-reactive ketones (excluding diaryl/α,β-unsaturated/α-hetero) is 1.